The Morgan fingerprint density at radius 1 is 1.17 bits per heavy atom. The summed E-state index contributed by atoms with van der Waals surface area (Å²) < 4.78 is 17.1. The number of aryl methyl sites for hydroxylation is 1. The molecular formula is C14H10BrFN4O3. The van der Waals surface area contributed by atoms with Crippen LogP contribution in [-0.2, 0) is 7.05 Å². The van der Waals surface area contributed by atoms with Gasteiger partial charge in [0.2, 0.25) is 11.7 Å². The van der Waals surface area contributed by atoms with Crippen molar-refractivity contribution in [3.63, 3.8) is 0 Å². The van der Waals surface area contributed by atoms with Gasteiger partial charge in [0.1, 0.15) is 0 Å². The second-order valence-electron chi connectivity index (χ2n) is 4.95. The van der Waals surface area contributed by atoms with Crippen LogP contribution in [0.4, 0.5) is 4.39 Å². The fourth-order valence-corrected chi connectivity index (χ4v) is 2.45. The third kappa shape index (κ3) is 2.33. The molecule has 0 aliphatic heterocycles. The van der Waals surface area contributed by atoms with Crippen LogP contribution >= 0.6 is 15.9 Å². The average molecular weight is 381 g/mol. The summed E-state index contributed by atoms with van der Waals surface area (Å²) in [4.78, 5) is 39.8. The van der Waals surface area contributed by atoms with E-state index in [4.69, 9.17) is 0 Å². The first kappa shape index (κ1) is 15.3. The lowest BCUT2D eigenvalue weighted by atomic mass is 10.2. The highest BCUT2D eigenvalue weighted by molar-refractivity contribution is 9.10. The second kappa shape index (κ2) is 5.27. The van der Waals surface area contributed by atoms with Gasteiger partial charge in [-0.15, -0.1) is 0 Å². The summed E-state index contributed by atoms with van der Waals surface area (Å²) in [7, 11) is 1.18. The van der Waals surface area contributed by atoms with Crippen molar-refractivity contribution in [2.45, 2.75) is 6.92 Å². The summed E-state index contributed by atoms with van der Waals surface area (Å²) in [5.74, 6) is -1.45. The summed E-state index contributed by atoms with van der Waals surface area (Å²) in [6.45, 7) is 1.81. The summed E-state index contributed by atoms with van der Waals surface area (Å²) in [6, 6.07) is 5.64. The van der Waals surface area contributed by atoms with Gasteiger partial charge in [-0.3, -0.25) is 4.79 Å². The summed E-state index contributed by atoms with van der Waals surface area (Å²) in [5.41, 5.74) is -1.33. The van der Waals surface area contributed by atoms with Crippen molar-refractivity contribution in [2.75, 3.05) is 0 Å². The van der Waals surface area contributed by atoms with E-state index in [1.807, 2.05) is 6.92 Å². The Balaban J connectivity index is 2.56. The van der Waals surface area contributed by atoms with Gasteiger partial charge < -0.3 is 0 Å². The zero-order chi connectivity index (χ0) is 16.9. The fraction of sp³-hybridized carbons (Fsp3) is 0.143. The van der Waals surface area contributed by atoms with E-state index in [1.54, 1.807) is 18.2 Å². The molecule has 0 spiro atoms. The monoisotopic (exact) mass is 380 g/mol. The lowest BCUT2D eigenvalue weighted by Crippen LogP contribution is -2.41. The van der Waals surface area contributed by atoms with Crippen LogP contribution in [0.25, 0.3) is 11.5 Å². The third-order valence-electron chi connectivity index (χ3n) is 3.44. The van der Waals surface area contributed by atoms with Gasteiger partial charge in [-0.2, -0.15) is 9.37 Å². The molecule has 0 N–H and O–H groups in total. The maximum absolute atomic E-state index is 14.0. The number of halogens is 2. The first-order valence-corrected chi connectivity index (χ1v) is 7.28. The molecule has 0 saturated heterocycles. The van der Waals surface area contributed by atoms with Gasteiger partial charge in [0.05, 0.1) is 11.8 Å². The lowest BCUT2D eigenvalue weighted by molar-refractivity contribution is 0.527. The highest BCUT2D eigenvalue weighted by atomic mass is 79.9. The van der Waals surface area contributed by atoms with Crippen LogP contribution in [-0.4, -0.2) is 18.5 Å². The van der Waals surface area contributed by atoms with Crippen molar-refractivity contribution in [3.05, 3.63) is 71.6 Å². The van der Waals surface area contributed by atoms with Gasteiger partial charge in [-0.1, -0.05) is 15.9 Å². The van der Waals surface area contributed by atoms with E-state index in [0.717, 1.165) is 14.6 Å². The van der Waals surface area contributed by atoms with E-state index in [-0.39, 0.29) is 5.78 Å². The molecule has 0 aliphatic rings. The van der Waals surface area contributed by atoms with Crippen molar-refractivity contribution in [3.8, 4) is 5.69 Å². The van der Waals surface area contributed by atoms with Crippen LogP contribution in [0.3, 0.4) is 0 Å². The van der Waals surface area contributed by atoms with E-state index < -0.39 is 22.9 Å². The zero-order valence-corrected chi connectivity index (χ0v) is 13.7. The Morgan fingerprint density at radius 3 is 2.52 bits per heavy atom. The highest BCUT2D eigenvalue weighted by Gasteiger charge is 2.16. The molecule has 118 valence electrons. The molecule has 7 nitrogen and oxygen atoms in total. The fourth-order valence-electron chi connectivity index (χ4n) is 2.21. The van der Waals surface area contributed by atoms with Gasteiger partial charge >= 0.3 is 11.4 Å². The SMILES string of the molecule is Cc1cc(-n2c(=O)cc(F)n3c(=O)n(C)c(=O)nc23)ccc1Br. The van der Waals surface area contributed by atoms with E-state index >= 15 is 0 Å². The number of fused-ring (bicyclic) bond motifs is 1. The Hall–Kier alpha value is -2.55. The number of benzene rings is 1. The van der Waals surface area contributed by atoms with Gasteiger partial charge in [-0.25, -0.2) is 23.1 Å². The molecular weight excluding hydrogens is 371 g/mol. The Bertz CT molecular complexity index is 1130. The molecule has 3 rings (SSSR count). The predicted octanol–water partition coefficient (Wildman–Crippen LogP) is 0.754. The summed E-state index contributed by atoms with van der Waals surface area (Å²) in [6.07, 6.45) is 0. The number of hydrogen-bond donors (Lipinski definition) is 0. The molecule has 0 amide bonds. The largest absolute Gasteiger partial charge is 0.354 e. The molecule has 0 atom stereocenters. The van der Waals surface area contributed by atoms with Crippen molar-refractivity contribution >= 4 is 21.7 Å². The van der Waals surface area contributed by atoms with Gasteiger partial charge in [0, 0.05) is 11.5 Å². The van der Waals surface area contributed by atoms with Crippen LogP contribution in [0.5, 0.6) is 0 Å². The number of hydrogen-bond acceptors (Lipinski definition) is 4. The minimum atomic E-state index is -1.08. The molecule has 0 saturated carbocycles. The third-order valence-corrected chi connectivity index (χ3v) is 4.33. The van der Waals surface area contributed by atoms with Gasteiger partial charge in [0.15, 0.2) is 0 Å². The van der Waals surface area contributed by atoms with Crippen LogP contribution in [0.15, 0.2) is 43.1 Å². The quantitative estimate of drug-likeness (QED) is 0.583. The molecule has 2 aromatic heterocycles. The summed E-state index contributed by atoms with van der Waals surface area (Å²) >= 11 is 3.34. The topological polar surface area (TPSA) is 78.4 Å². The maximum atomic E-state index is 14.0. The number of rotatable bonds is 1. The normalized spacial score (nSPS) is 11.1. The number of nitrogens with zero attached hydrogens (tertiary/aromatic N) is 4. The molecule has 0 bridgehead atoms. The first-order valence-electron chi connectivity index (χ1n) is 6.49. The van der Waals surface area contributed by atoms with Crippen LogP contribution < -0.4 is 16.9 Å². The summed E-state index contributed by atoms with van der Waals surface area (Å²) in [5, 5.41) is 0. The smallest absolute Gasteiger partial charge is 0.269 e. The van der Waals surface area contributed by atoms with Crippen LogP contribution in [0.1, 0.15) is 5.56 Å². The molecule has 0 fully saturated rings. The lowest BCUT2D eigenvalue weighted by Gasteiger charge is -2.12. The van der Waals surface area contributed by atoms with E-state index in [0.29, 0.717) is 20.7 Å². The standard InChI is InChI=1S/C14H10BrFN4O3/c1-7-5-8(3-4-9(7)15)19-11(21)6-10(16)20-12(19)17-13(22)18(2)14(20)23/h3-6H,1-2H3. The highest BCUT2D eigenvalue weighted by Crippen LogP contribution is 2.19. The zero-order valence-electron chi connectivity index (χ0n) is 12.1. The minimum Gasteiger partial charge on any atom is -0.269 e. The van der Waals surface area contributed by atoms with Crippen molar-refractivity contribution in [1.82, 2.24) is 18.5 Å². The van der Waals surface area contributed by atoms with Crippen molar-refractivity contribution < 1.29 is 4.39 Å². The van der Waals surface area contributed by atoms with Crippen molar-refractivity contribution in [2.24, 2.45) is 7.05 Å². The van der Waals surface area contributed by atoms with E-state index in [1.165, 1.54) is 7.05 Å². The van der Waals surface area contributed by atoms with Crippen LogP contribution in [0, 0.1) is 12.9 Å². The van der Waals surface area contributed by atoms with Gasteiger partial charge in [-0.05, 0) is 30.7 Å². The second-order valence-corrected chi connectivity index (χ2v) is 5.80. The Kier molecular flexibility index (Phi) is 3.52. The van der Waals surface area contributed by atoms with Crippen molar-refractivity contribution in [1.29, 1.82) is 0 Å². The molecule has 1 aromatic carbocycles. The minimum absolute atomic E-state index is 0.369. The molecule has 9 heteroatoms. The van der Waals surface area contributed by atoms with E-state index in [9.17, 15) is 18.8 Å². The number of aromatic nitrogens is 4. The molecule has 3 aromatic rings. The Morgan fingerprint density at radius 2 is 1.87 bits per heavy atom. The van der Waals surface area contributed by atoms with Gasteiger partial charge in [0.25, 0.3) is 5.56 Å². The van der Waals surface area contributed by atoms with Crippen LogP contribution in [0.2, 0.25) is 0 Å². The predicted molar refractivity (Wildman–Crippen MR) is 84.7 cm³/mol. The molecule has 0 unspecified atom stereocenters. The Labute approximate surface area is 136 Å². The molecule has 2 heterocycles. The van der Waals surface area contributed by atoms with E-state index in [2.05, 4.69) is 20.9 Å². The molecule has 23 heavy (non-hydrogen) atoms. The molecule has 0 radical (unpaired) electrons. The average Bonchev–Trinajstić information content (AvgIpc) is 2.48. The maximum Gasteiger partial charge on any atom is 0.354 e. The molecule has 0 aliphatic carbocycles. The first-order chi connectivity index (χ1) is 10.8.